The Morgan fingerprint density at radius 1 is 1.50 bits per heavy atom. The van der Waals surface area contributed by atoms with Gasteiger partial charge in [0, 0.05) is 5.54 Å². The van der Waals surface area contributed by atoms with Gasteiger partial charge in [0.15, 0.2) is 0 Å². The first kappa shape index (κ1) is 6.43. The average Bonchev–Trinajstić information content (AvgIpc) is 2.45. The van der Waals surface area contributed by atoms with Crippen LogP contribution in [0.2, 0.25) is 0 Å². The lowest BCUT2D eigenvalue weighted by atomic mass is 10.1. The molecule has 0 amide bonds. The minimum absolute atomic E-state index is 0.253. The molecule has 2 N–H and O–H groups in total. The van der Waals surface area contributed by atoms with Crippen LogP contribution in [0.4, 0.5) is 0 Å². The normalized spacial score (nSPS) is 23.2. The van der Waals surface area contributed by atoms with E-state index in [0.717, 1.165) is 5.75 Å². The zero-order chi connectivity index (χ0) is 6.04. The first-order chi connectivity index (χ1) is 3.77. The van der Waals surface area contributed by atoms with Crippen LogP contribution in [-0.2, 0) is 0 Å². The van der Waals surface area contributed by atoms with Gasteiger partial charge in [0.2, 0.25) is 0 Å². The van der Waals surface area contributed by atoms with Gasteiger partial charge in [0.05, 0.1) is 0 Å². The lowest BCUT2D eigenvalue weighted by Crippen LogP contribution is -2.21. The van der Waals surface area contributed by atoms with E-state index in [0.29, 0.717) is 0 Å². The zero-order valence-corrected chi connectivity index (χ0v) is 5.95. The molecule has 0 aromatic heterocycles. The molecule has 1 fully saturated rings. The lowest BCUT2D eigenvalue weighted by molar-refractivity contribution is 0.602. The molecule has 2 heteroatoms. The maximum Gasteiger partial charge on any atom is 0.0156 e. The maximum atomic E-state index is 5.80. The molecule has 0 heterocycles. The third kappa shape index (κ3) is 1.67. The summed E-state index contributed by atoms with van der Waals surface area (Å²) < 4.78 is 0. The molecule has 0 aliphatic heterocycles. The van der Waals surface area contributed by atoms with E-state index in [9.17, 15) is 0 Å². The lowest BCUT2D eigenvalue weighted by Gasteiger charge is -2.04. The molecule has 0 atom stereocenters. The molecule has 0 unspecified atom stereocenters. The minimum Gasteiger partial charge on any atom is -0.325 e. The van der Waals surface area contributed by atoms with Crippen molar-refractivity contribution in [1.82, 2.24) is 0 Å². The Balaban J connectivity index is 2.01. The Bertz CT molecular complexity index is 78.6. The van der Waals surface area contributed by atoms with Crippen molar-refractivity contribution in [2.75, 3.05) is 5.75 Å². The molecule has 0 spiro atoms. The van der Waals surface area contributed by atoms with Crippen LogP contribution < -0.4 is 5.73 Å². The number of hydrogen-bond acceptors (Lipinski definition) is 2. The van der Waals surface area contributed by atoms with Crippen molar-refractivity contribution in [3.8, 4) is 0 Å². The van der Waals surface area contributed by atoms with Crippen LogP contribution in [0.3, 0.4) is 0 Å². The SMILES string of the molecule is NC1(CCCS)CC1. The smallest absolute Gasteiger partial charge is 0.0156 e. The van der Waals surface area contributed by atoms with Gasteiger partial charge in [-0.05, 0) is 31.4 Å². The summed E-state index contributed by atoms with van der Waals surface area (Å²) in [5.74, 6) is 0.985. The first-order valence-electron chi connectivity index (χ1n) is 3.17. The van der Waals surface area contributed by atoms with E-state index < -0.39 is 0 Å². The second kappa shape index (κ2) is 2.28. The van der Waals surface area contributed by atoms with Gasteiger partial charge in [-0.1, -0.05) is 0 Å². The van der Waals surface area contributed by atoms with Gasteiger partial charge < -0.3 is 5.73 Å². The molecule has 48 valence electrons. The van der Waals surface area contributed by atoms with Crippen molar-refractivity contribution in [3.05, 3.63) is 0 Å². The summed E-state index contributed by atoms with van der Waals surface area (Å²) in [7, 11) is 0. The van der Waals surface area contributed by atoms with Gasteiger partial charge in [-0.25, -0.2) is 0 Å². The fourth-order valence-electron chi connectivity index (χ4n) is 0.842. The Morgan fingerprint density at radius 2 is 2.12 bits per heavy atom. The van der Waals surface area contributed by atoms with Crippen molar-refractivity contribution < 1.29 is 0 Å². The summed E-state index contributed by atoms with van der Waals surface area (Å²) in [4.78, 5) is 0. The average molecular weight is 131 g/mol. The van der Waals surface area contributed by atoms with E-state index in [-0.39, 0.29) is 5.54 Å². The summed E-state index contributed by atoms with van der Waals surface area (Å²) >= 11 is 4.10. The molecular weight excluding hydrogens is 118 g/mol. The summed E-state index contributed by atoms with van der Waals surface area (Å²) in [6.07, 6.45) is 4.83. The van der Waals surface area contributed by atoms with Gasteiger partial charge >= 0.3 is 0 Å². The second-order valence-electron chi connectivity index (χ2n) is 2.69. The summed E-state index contributed by atoms with van der Waals surface area (Å²) in [5.41, 5.74) is 6.05. The molecule has 0 aromatic rings. The number of thiol groups is 1. The van der Waals surface area contributed by atoms with Crippen molar-refractivity contribution in [2.45, 2.75) is 31.2 Å². The Labute approximate surface area is 56.1 Å². The van der Waals surface area contributed by atoms with E-state index in [4.69, 9.17) is 5.73 Å². The molecule has 1 aliphatic carbocycles. The van der Waals surface area contributed by atoms with Crippen molar-refractivity contribution in [2.24, 2.45) is 5.73 Å². The standard InChI is InChI=1S/C6H13NS/c7-6(3-4-6)2-1-5-8/h8H,1-5,7H2. The number of hydrogen-bond donors (Lipinski definition) is 2. The summed E-state index contributed by atoms with van der Waals surface area (Å²) in [5, 5.41) is 0. The van der Waals surface area contributed by atoms with E-state index >= 15 is 0 Å². The van der Waals surface area contributed by atoms with Crippen LogP contribution in [0.5, 0.6) is 0 Å². The third-order valence-electron chi connectivity index (χ3n) is 1.73. The van der Waals surface area contributed by atoms with Crippen LogP contribution in [0.15, 0.2) is 0 Å². The van der Waals surface area contributed by atoms with Gasteiger partial charge in [0.25, 0.3) is 0 Å². The highest BCUT2D eigenvalue weighted by molar-refractivity contribution is 7.80. The van der Waals surface area contributed by atoms with Crippen LogP contribution in [-0.4, -0.2) is 11.3 Å². The highest BCUT2D eigenvalue weighted by Crippen LogP contribution is 2.36. The molecule has 0 bridgehead atoms. The fourth-order valence-corrected chi connectivity index (χ4v) is 1.000. The molecule has 1 nitrogen and oxygen atoms in total. The molecule has 0 aromatic carbocycles. The Morgan fingerprint density at radius 3 is 2.50 bits per heavy atom. The topological polar surface area (TPSA) is 26.0 Å². The fraction of sp³-hybridized carbons (Fsp3) is 1.00. The third-order valence-corrected chi connectivity index (χ3v) is 2.04. The van der Waals surface area contributed by atoms with Gasteiger partial charge in [-0.15, -0.1) is 0 Å². The quantitative estimate of drug-likeness (QED) is 0.553. The van der Waals surface area contributed by atoms with Crippen LogP contribution in [0.1, 0.15) is 25.7 Å². The molecule has 1 saturated carbocycles. The highest BCUT2D eigenvalue weighted by Gasteiger charge is 2.36. The molecule has 0 radical (unpaired) electrons. The summed E-state index contributed by atoms with van der Waals surface area (Å²) in [6, 6.07) is 0. The number of rotatable bonds is 3. The van der Waals surface area contributed by atoms with Crippen LogP contribution in [0, 0.1) is 0 Å². The zero-order valence-electron chi connectivity index (χ0n) is 5.06. The molecule has 1 aliphatic rings. The Kier molecular flexibility index (Phi) is 1.83. The van der Waals surface area contributed by atoms with Gasteiger partial charge in [-0.3, -0.25) is 0 Å². The van der Waals surface area contributed by atoms with E-state index in [1.807, 2.05) is 0 Å². The van der Waals surface area contributed by atoms with Gasteiger partial charge in [0.1, 0.15) is 0 Å². The monoisotopic (exact) mass is 131 g/mol. The van der Waals surface area contributed by atoms with E-state index in [2.05, 4.69) is 12.6 Å². The van der Waals surface area contributed by atoms with E-state index in [1.54, 1.807) is 0 Å². The minimum atomic E-state index is 0.253. The predicted octanol–water partition coefficient (Wildman–Crippen LogP) is 1.19. The van der Waals surface area contributed by atoms with Crippen LogP contribution in [0.25, 0.3) is 0 Å². The molecular formula is C6H13NS. The molecule has 8 heavy (non-hydrogen) atoms. The first-order valence-corrected chi connectivity index (χ1v) is 3.80. The summed E-state index contributed by atoms with van der Waals surface area (Å²) in [6.45, 7) is 0. The largest absolute Gasteiger partial charge is 0.325 e. The Hall–Kier alpha value is 0.310. The number of nitrogens with two attached hydrogens (primary N) is 1. The second-order valence-corrected chi connectivity index (χ2v) is 3.14. The van der Waals surface area contributed by atoms with Crippen LogP contribution >= 0.6 is 12.6 Å². The van der Waals surface area contributed by atoms with Crippen molar-refractivity contribution >= 4 is 12.6 Å². The van der Waals surface area contributed by atoms with Gasteiger partial charge in [-0.2, -0.15) is 12.6 Å². The maximum absolute atomic E-state index is 5.80. The van der Waals surface area contributed by atoms with E-state index in [1.165, 1.54) is 25.7 Å². The predicted molar refractivity (Wildman–Crippen MR) is 39.2 cm³/mol. The molecule has 1 rings (SSSR count). The van der Waals surface area contributed by atoms with Crippen molar-refractivity contribution in [1.29, 1.82) is 0 Å². The van der Waals surface area contributed by atoms with Crippen molar-refractivity contribution in [3.63, 3.8) is 0 Å². The molecule has 0 saturated heterocycles. The highest BCUT2D eigenvalue weighted by atomic mass is 32.1.